The summed E-state index contributed by atoms with van der Waals surface area (Å²) in [4.78, 5) is 22.2. The third kappa shape index (κ3) is 3.51. The minimum atomic E-state index is -0.140. The van der Waals surface area contributed by atoms with Crippen LogP contribution >= 0.6 is 11.3 Å². The van der Waals surface area contributed by atoms with E-state index in [1.165, 1.54) is 11.2 Å². The molecule has 26 heavy (non-hydrogen) atoms. The molecule has 0 unspecified atom stereocenters. The van der Waals surface area contributed by atoms with Gasteiger partial charge in [0.2, 0.25) is 0 Å². The van der Waals surface area contributed by atoms with E-state index in [0.29, 0.717) is 16.6 Å². The summed E-state index contributed by atoms with van der Waals surface area (Å²) < 4.78 is 1.67. The zero-order chi connectivity index (χ0) is 17.9. The molecule has 7 nitrogen and oxygen atoms in total. The molecule has 2 aromatic heterocycles. The smallest absolute Gasteiger partial charge is 0.257 e. The lowest BCUT2D eigenvalue weighted by Gasteiger charge is -2.20. The Kier molecular flexibility index (Phi) is 4.77. The standard InChI is InChI=1S/C18H20N6OS/c1-12-8-14(24-11-20-10-22-24)2-3-15(12)17(25)23-18-21-9-16(26-18)13-4-6-19-7-5-13/h2-3,8-11,13,19H,4-7H2,1H3,(H,21,23,25). The van der Waals surface area contributed by atoms with E-state index in [2.05, 4.69) is 25.7 Å². The molecule has 1 amide bonds. The van der Waals surface area contributed by atoms with Crippen molar-refractivity contribution in [2.24, 2.45) is 0 Å². The first kappa shape index (κ1) is 16.9. The zero-order valence-corrected chi connectivity index (χ0v) is 15.3. The quantitative estimate of drug-likeness (QED) is 0.740. The maximum Gasteiger partial charge on any atom is 0.257 e. The minimum Gasteiger partial charge on any atom is -0.317 e. The molecule has 1 aromatic carbocycles. The van der Waals surface area contributed by atoms with Crippen molar-refractivity contribution in [3.63, 3.8) is 0 Å². The molecule has 2 N–H and O–H groups in total. The van der Waals surface area contributed by atoms with E-state index in [1.807, 2.05) is 31.3 Å². The van der Waals surface area contributed by atoms with Crippen LogP contribution in [0.25, 0.3) is 5.69 Å². The van der Waals surface area contributed by atoms with Gasteiger partial charge in [-0.15, -0.1) is 11.3 Å². The van der Waals surface area contributed by atoms with Crippen LogP contribution in [-0.4, -0.2) is 38.7 Å². The summed E-state index contributed by atoms with van der Waals surface area (Å²) in [5.74, 6) is 0.405. The molecule has 8 heteroatoms. The molecule has 1 fully saturated rings. The van der Waals surface area contributed by atoms with Crippen molar-refractivity contribution in [2.75, 3.05) is 18.4 Å². The molecule has 0 aliphatic carbocycles. The number of piperidine rings is 1. The van der Waals surface area contributed by atoms with Crippen LogP contribution in [0.4, 0.5) is 5.13 Å². The summed E-state index contributed by atoms with van der Waals surface area (Å²) in [7, 11) is 0. The normalized spacial score (nSPS) is 15.1. The molecule has 0 spiro atoms. The highest BCUT2D eigenvalue weighted by atomic mass is 32.1. The van der Waals surface area contributed by atoms with Gasteiger partial charge in [-0.25, -0.2) is 14.6 Å². The number of rotatable bonds is 4. The lowest BCUT2D eigenvalue weighted by molar-refractivity contribution is 0.102. The van der Waals surface area contributed by atoms with Gasteiger partial charge in [0.15, 0.2) is 5.13 Å². The van der Waals surface area contributed by atoms with E-state index in [-0.39, 0.29) is 5.91 Å². The van der Waals surface area contributed by atoms with Gasteiger partial charge in [0.25, 0.3) is 5.91 Å². The maximum absolute atomic E-state index is 12.6. The second kappa shape index (κ2) is 7.35. The van der Waals surface area contributed by atoms with Crippen molar-refractivity contribution in [3.8, 4) is 5.69 Å². The fraction of sp³-hybridized carbons (Fsp3) is 0.333. The topological polar surface area (TPSA) is 84.7 Å². The van der Waals surface area contributed by atoms with Crippen molar-refractivity contribution >= 4 is 22.4 Å². The van der Waals surface area contributed by atoms with E-state index in [1.54, 1.807) is 22.3 Å². The number of aryl methyl sites for hydroxylation is 1. The van der Waals surface area contributed by atoms with Gasteiger partial charge in [-0.1, -0.05) is 0 Å². The average molecular weight is 368 g/mol. The van der Waals surface area contributed by atoms with E-state index in [0.717, 1.165) is 37.2 Å². The SMILES string of the molecule is Cc1cc(-n2cncn2)ccc1C(=O)Nc1ncc(C2CCNCC2)s1. The van der Waals surface area contributed by atoms with Gasteiger partial charge in [-0.2, -0.15) is 5.10 Å². The van der Waals surface area contributed by atoms with Gasteiger partial charge in [0.1, 0.15) is 12.7 Å². The van der Waals surface area contributed by atoms with Crippen molar-refractivity contribution in [1.29, 1.82) is 0 Å². The summed E-state index contributed by atoms with van der Waals surface area (Å²) in [6.07, 6.45) is 7.26. The number of hydrogen-bond acceptors (Lipinski definition) is 6. The van der Waals surface area contributed by atoms with Crippen LogP contribution in [-0.2, 0) is 0 Å². The number of carbonyl (C=O) groups excluding carboxylic acids is 1. The Morgan fingerprint density at radius 1 is 1.35 bits per heavy atom. The van der Waals surface area contributed by atoms with Crippen LogP contribution in [0.3, 0.4) is 0 Å². The highest BCUT2D eigenvalue weighted by Gasteiger charge is 2.19. The fourth-order valence-corrected chi connectivity index (χ4v) is 4.17. The Bertz CT molecular complexity index is 898. The lowest BCUT2D eigenvalue weighted by Crippen LogP contribution is -2.26. The van der Waals surface area contributed by atoms with Crippen LogP contribution < -0.4 is 10.6 Å². The number of hydrogen-bond donors (Lipinski definition) is 2. The summed E-state index contributed by atoms with van der Waals surface area (Å²) >= 11 is 1.58. The number of nitrogens with zero attached hydrogens (tertiary/aromatic N) is 4. The van der Waals surface area contributed by atoms with Gasteiger partial charge in [-0.05, 0) is 62.5 Å². The zero-order valence-electron chi connectivity index (χ0n) is 14.5. The molecule has 0 saturated carbocycles. The molecule has 1 aliphatic heterocycles. The highest BCUT2D eigenvalue weighted by molar-refractivity contribution is 7.15. The Morgan fingerprint density at radius 2 is 2.19 bits per heavy atom. The molecule has 1 saturated heterocycles. The molecular weight excluding hydrogens is 348 g/mol. The lowest BCUT2D eigenvalue weighted by atomic mass is 9.97. The molecule has 0 radical (unpaired) electrons. The summed E-state index contributed by atoms with van der Waals surface area (Å²) in [6.45, 7) is 4.00. The van der Waals surface area contributed by atoms with E-state index in [4.69, 9.17) is 0 Å². The second-order valence-corrected chi connectivity index (χ2v) is 7.45. The van der Waals surface area contributed by atoms with Crippen molar-refractivity contribution in [1.82, 2.24) is 25.1 Å². The summed E-state index contributed by atoms with van der Waals surface area (Å²) in [5.41, 5.74) is 2.39. The highest BCUT2D eigenvalue weighted by Crippen LogP contribution is 2.31. The largest absolute Gasteiger partial charge is 0.317 e. The minimum absolute atomic E-state index is 0.140. The van der Waals surface area contributed by atoms with Crippen LogP contribution in [0.15, 0.2) is 37.1 Å². The third-order valence-corrected chi connectivity index (χ3v) is 5.70. The number of amides is 1. The Balaban J connectivity index is 1.47. The molecule has 1 aliphatic rings. The number of carbonyl (C=O) groups is 1. The Morgan fingerprint density at radius 3 is 2.92 bits per heavy atom. The van der Waals surface area contributed by atoms with E-state index in [9.17, 15) is 4.79 Å². The average Bonchev–Trinajstić information content (AvgIpc) is 3.34. The van der Waals surface area contributed by atoms with Crippen molar-refractivity contribution < 1.29 is 4.79 Å². The van der Waals surface area contributed by atoms with E-state index < -0.39 is 0 Å². The van der Waals surface area contributed by atoms with Crippen LogP contribution in [0.1, 0.15) is 39.6 Å². The molecule has 0 bridgehead atoms. The number of aromatic nitrogens is 4. The first-order chi connectivity index (χ1) is 12.7. The molecule has 134 valence electrons. The Hall–Kier alpha value is -2.58. The van der Waals surface area contributed by atoms with E-state index >= 15 is 0 Å². The van der Waals surface area contributed by atoms with Gasteiger partial charge < -0.3 is 5.32 Å². The first-order valence-corrected chi connectivity index (χ1v) is 9.46. The number of anilines is 1. The van der Waals surface area contributed by atoms with Crippen molar-refractivity contribution in [2.45, 2.75) is 25.7 Å². The summed E-state index contributed by atoms with van der Waals surface area (Å²) in [5, 5.41) is 11.1. The predicted molar refractivity (Wildman–Crippen MR) is 101 cm³/mol. The molecular formula is C18H20N6OS. The van der Waals surface area contributed by atoms with Gasteiger partial charge in [0.05, 0.1) is 5.69 Å². The molecule has 3 aromatic rings. The van der Waals surface area contributed by atoms with Crippen LogP contribution in [0, 0.1) is 6.92 Å². The van der Waals surface area contributed by atoms with Gasteiger partial charge in [0, 0.05) is 16.6 Å². The van der Waals surface area contributed by atoms with Gasteiger partial charge in [-0.3, -0.25) is 10.1 Å². The second-order valence-electron chi connectivity index (χ2n) is 6.39. The number of thiazole rings is 1. The monoisotopic (exact) mass is 368 g/mol. The summed E-state index contributed by atoms with van der Waals surface area (Å²) in [6, 6.07) is 5.59. The van der Waals surface area contributed by atoms with Gasteiger partial charge >= 0.3 is 0 Å². The fourth-order valence-electron chi connectivity index (χ4n) is 3.19. The number of benzene rings is 1. The third-order valence-electron chi connectivity index (χ3n) is 4.62. The van der Waals surface area contributed by atoms with Crippen LogP contribution in [0.5, 0.6) is 0 Å². The molecule has 3 heterocycles. The predicted octanol–water partition coefficient (Wildman–Crippen LogP) is 2.75. The number of nitrogens with one attached hydrogen (secondary N) is 2. The molecule has 4 rings (SSSR count). The van der Waals surface area contributed by atoms with Crippen LogP contribution in [0.2, 0.25) is 0 Å². The first-order valence-electron chi connectivity index (χ1n) is 8.64. The van der Waals surface area contributed by atoms with Crippen molar-refractivity contribution in [3.05, 3.63) is 53.1 Å². The molecule has 0 atom stereocenters. The maximum atomic E-state index is 12.6. The Labute approximate surface area is 155 Å².